The normalized spacial score (nSPS) is 15.2. The third-order valence-corrected chi connectivity index (χ3v) is 25.0. The number of aliphatic imine (C=N–C) groups is 10. The molecule has 0 aromatic heterocycles. The van der Waals surface area contributed by atoms with Crippen molar-refractivity contribution in [3.63, 3.8) is 0 Å². The Bertz CT molecular complexity index is 6730. The molecule has 0 atom stereocenters. The van der Waals surface area contributed by atoms with Crippen LogP contribution in [-0.2, 0) is 0 Å². The highest BCUT2D eigenvalue weighted by molar-refractivity contribution is 6.50. The minimum Gasteiger partial charge on any atom is -0.497 e. The van der Waals surface area contributed by atoms with Crippen molar-refractivity contribution in [2.75, 3.05) is 103 Å². The van der Waals surface area contributed by atoms with E-state index in [1.54, 1.807) is 117 Å². The Morgan fingerprint density at radius 2 is 0.485 bits per heavy atom. The first-order chi connectivity index (χ1) is 65.8. The first-order valence-corrected chi connectivity index (χ1v) is 45.0. The van der Waals surface area contributed by atoms with Crippen molar-refractivity contribution in [2.45, 2.75) is 41.5 Å². The number of Topliss-reactive ketones (excluding diaryl/α,β-unsaturated/α-hetero) is 5. The summed E-state index contributed by atoms with van der Waals surface area (Å²) in [6, 6.07) is 62.4. The maximum Gasteiger partial charge on any atom is 0.226 e. The smallest absolute Gasteiger partial charge is 0.226 e. The molecule has 0 amide bonds. The highest BCUT2D eigenvalue weighted by Gasteiger charge is 2.43. The fraction of sp³-hybridized carbons (Fsp3) is 0.198. The lowest BCUT2D eigenvalue weighted by Crippen LogP contribution is -2.28. The average molecular weight is 1880 g/mol. The SMILES string of the molecule is CCN(CC)C1=NC2=C(c3cc(OC)ccc3Cl)C(=O)c3ccccc3C2=N1.CCN(CC)C1=NC2=C(c3cccc(OC)c3Cl)C(=O)c3ccccc3C2=N1.CCN(CC)C1=NC2=C(c3cccc(OC)c3F)C(=O)c3ccccc3C2=N1.COc1cccc(C2=C3N=C(N(C)C)N=C3c3ccccc3C2=O)c1Cl.COc1cccc(C2=C3N=C(N(C)C)N=C3c3ccccc3C2=O)c1F. The van der Waals surface area contributed by atoms with Crippen LogP contribution in [0.4, 0.5) is 8.78 Å². The van der Waals surface area contributed by atoms with Gasteiger partial charge < -0.3 is 48.2 Å². The van der Waals surface area contributed by atoms with Crippen LogP contribution < -0.4 is 23.7 Å². The lowest BCUT2D eigenvalue weighted by atomic mass is 9.83. The summed E-state index contributed by atoms with van der Waals surface area (Å²) in [5, 5.41) is 1.26. The fourth-order valence-corrected chi connectivity index (χ4v) is 17.8. The number of nitrogens with zero attached hydrogens (tertiary/aromatic N) is 15. The van der Waals surface area contributed by atoms with E-state index in [1.165, 1.54) is 26.4 Å². The Kier molecular flexibility index (Phi) is 27.5. The molecule has 0 unspecified atom stereocenters. The van der Waals surface area contributed by atoms with Crippen LogP contribution in [0.1, 0.15) is 149 Å². The molecule has 0 saturated heterocycles. The van der Waals surface area contributed by atoms with Gasteiger partial charge in [-0.3, -0.25) is 24.0 Å². The van der Waals surface area contributed by atoms with E-state index in [4.69, 9.17) is 83.4 Å². The summed E-state index contributed by atoms with van der Waals surface area (Å²) in [7, 11) is 14.9. The molecule has 0 bridgehead atoms. The topological polar surface area (TPSA) is 271 Å². The van der Waals surface area contributed by atoms with Crippen LogP contribution in [0, 0.1) is 11.6 Å². The third kappa shape index (κ3) is 17.0. The summed E-state index contributed by atoms with van der Waals surface area (Å²) >= 11 is 19.6. The van der Waals surface area contributed by atoms with Crippen LogP contribution >= 0.6 is 34.8 Å². The number of hydrogen-bond acceptors (Lipinski definition) is 25. The fourth-order valence-electron chi connectivity index (χ4n) is 17.0. The number of benzene rings is 10. The lowest BCUT2D eigenvalue weighted by molar-refractivity contribution is 0.104. The number of allylic oxidation sites excluding steroid dienone is 10. The van der Waals surface area contributed by atoms with Crippen LogP contribution in [-0.4, -0.2) is 215 Å². The second-order valence-corrected chi connectivity index (χ2v) is 33.0. The number of ether oxygens (including phenoxy) is 5. The van der Waals surface area contributed by atoms with Crippen LogP contribution in [0.15, 0.2) is 291 Å². The molecule has 0 fully saturated rings. The van der Waals surface area contributed by atoms with Gasteiger partial charge in [-0.15, -0.1) is 0 Å². The van der Waals surface area contributed by atoms with Gasteiger partial charge in [0, 0.05) is 156 Å². The molecule has 30 heteroatoms. The van der Waals surface area contributed by atoms with E-state index in [-0.39, 0.29) is 62.7 Å². The quantitative estimate of drug-likeness (QED) is 0.0870. The number of rotatable bonds is 16. The van der Waals surface area contributed by atoms with Gasteiger partial charge in [-0.1, -0.05) is 205 Å². The highest BCUT2D eigenvalue weighted by Crippen LogP contribution is 2.47. The van der Waals surface area contributed by atoms with Gasteiger partial charge in [0.2, 0.25) is 29.8 Å². The summed E-state index contributed by atoms with van der Waals surface area (Å²) in [5.74, 6) is 2.60. The number of carbonyl (C=O) groups is 5. The van der Waals surface area contributed by atoms with Crippen molar-refractivity contribution in [3.8, 4) is 28.7 Å². The zero-order chi connectivity index (χ0) is 96.4. The van der Waals surface area contributed by atoms with E-state index >= 15 is 4.39 Å². The molecular weight excluding hydrogens is 1790 g/mol. The number of fused-ring (bicyclic) bond motifs is 15. The number of halogens is 5. The number of carbonyl (C=O) groups excluding carboxylic acids is 5. The Balaban J connectivity index is 0.000000123. The molecule has 0 spiro atoms. The molecule has 136 heavy (non-hydrogen) atoms. The van der Waals surface area contributed by atoms with Crippen molar-refractivity contribution in [1.29, 1.82) is 0 Å². The maximum atomic E-state index is 15.0. The molecule has 0 radical (unpaired) electrons. The van der Waals surface area contributed by atoms with Gasteiger partial charge in [0.25, 0.3) is 0 Å². The van der Waals surface area contributed by atoms with Gasteiger partial charge in [-0.2, -0.15) is 0 Å². The molecule has 0 N–H and O–H groups in total. The van der Waals surface area contributed by atoms with E-state index < -0.39 is 11.6 Å². The molecule has 5 aliphatic heterocycles. The second kappa shape index (κ2) is 39.8. The highest BCUT2D eigenvalue weighted by atomic mass is 35.5. The summed E-state index contributed by atoms with van der Waals surface area (Å²) in [4.78, 5) is 123. The van der Waals surface area contributed by atoms with Gasteiger partial charge in [-0.05, 0) is 84.0 Å². The van der Waals surface area contributed by atoms with E-state index in [0.29, 0.717) is 186 Å². The zero-order valence-corrected chi connectivity index (χ0v) is 79.4. The van der Waals surface area contributed by atoms with E-state index in [2.05, 4.69) is 62.5 Å². The summed E-state index contributed by atoms with van der Waals surface area (Å²) in [6.07, 6.45) is 0. The van der Waals surface area contributed by atoms with E-state index in [1.807, 2.05) is 161 Å². The third-order valence-electron chi connectivity index (χ3n) is 23.9. The minimum atomic E-state index is -0.585. The Morgan fingerprint density at radius 1 is 0.257 bits per heavy atom. The van der Waals surface area contributed by atoms with Crippen LogP contribution in [0.25, 0.3) is 27.9 Å². The van der Waals surface area contributed by atoms with Crippen molar-refractivity contribution in [3.05, 3.63) is 351 Å². The molecule has 5 heterocycles. The Labute approximate surface area is 800 Å². The monoisotopic (exact) mass is 1880 g/mol. The Morgan fingerprint density at radius 3 is 0.743 bits per heavy atom. The number of ketones is 5. The van der Waals surface area contributed by atoms with Crippen LogP contribution in [0.2, 0.25) is 15.1 Å². The van der Waals surface area contributed by atoms with Crippen molar-refractivity contribution < 1.29 is 56.4 Å². The molecule has 10 aromatic carbocycles. The predicted molar refractivity (Wildman–Crippen MR) is 534 cm³/mol. The molecular formula is C106H92Cl3F2N15O10. The van der Waals surface area contributed by atoms with E-state index in [0.717, 1.165) is 61.5 Å². The lowest BCUT2D eigenvalue weighted by Gasteiger charge is -2.20. The standard InChI is InChI=1S/2C22H20ClN3O2.C22H20FN3O2.C20H16ClN3O2.C20H16FN3O2/c1-4-26(5-2)22-24-19-13-9-6-7-10-14(13)21(27)17(20(19)25-22)15-11-8-12-16(28-3)18(15)23;1-4-26(5-2)22-24-19-14-8-6-7-9-15(14)21(27)18(20(19)25-22)16-12-13(28-3)10-11-17(16)23;1-4-26(5-2)22-24-19-13-9-6-7-10-14(13)21(27)17(20(19)25-22)15-11-8-12-16(28-3)18(15)23;2*1-24(2)20-22-17-11-7-4-5-8-12(11)19(25)15(18(17)23-20)13-9-6-10-14(26-3)16(13)21/h3*6-12H,4-5H2,1-3H3;2*4-10H,1-3H3. The largest absolute Gasteiger partial charge is 0.497 e. The summed E-state index contributed by atoms with van der Waals surface area (Å²) < 4.78 is 56.1. The van der Waals surface area contributed by atoms with Gasteiger partial charge in [0.05, 0.1) is 73.5 Å². The van der Waals surface area contributed by atoms with Gasteiger partial charge in [0.1, 0.15) is 74.3 Å². The number of hydrogen-bond donors (Lipinski definition) is 0. The first kappa shape index (κ1) is 93.9. The van der Waals surface area contributed by atoms with Crippen molar-refractivity contribution in [1.82, 2.24) is 24.5 Å². The second-order valence-electron chi connectivity index (χ2n) is 31.8. The van der Waals surface area contributed by atoms with E-state index in [9.17, 15) is 28.4 Å². The predicted octanol–water partition coefficient (Wildman–Crippen LogP) is 19.7. The molecule has 0 saturated carbocycles. The first-order valence-electron chi connectivity index (χ1n) is 43.9. The van der Waals surface area contributed by atoms with Gasteiger partial charge in [0.15, 0.2) is 52.0 Å². The zero-order valence-electron chi connectivity index (χ0n) is 77.1. The van der Waals surface area contributed by atoms with Crippen LogP contribution in [0.3, 0.4) is 0 Å². The van der Waals surface area contributed by atoms with Gasteiger partial charge in [-0.25, -0.2) is 58.7 Å². The molecule has 10 aromatic rings. The maximum absolute atomic E-state index is 15.0. The summed E-state index contributed by atoms with van der Waals surface area (Å²) in [6.45, 7) is 16.9. The number of guanidine groups is 5. The average Bonchev–Trinajstić information content (AvgIpc) is 1.59. The molecule has 5 aliphatic carbocycles. The molecule has 10 aliphatic rings. The Hall–Kier alpha value is -15.3. The molecule has 686 valence electrons. The molecule has 20 rings (SSSR count). The summed E-state index contributed by atoms with van der Waals surface area (Å²) in [5.41, 5.74) is 16.4. The van der Waals surface area contributed by atoms with Gasteiger partial charge >= 0.3 is 0 Å². The van der Waals surface area contributed by atoms with Crippen molar-refractivity contribution in [2.24, 2.45) is 49.9 Å². The molecule has 25 nitrogen and oxygen atoms in total. The van der Waals surface area contributed by atoms with Crippen molar-refractivity contribution >= 4 is 150 Å². The van der Waals surface area contributed by atoms with Crippen LogP contribution in [0.5, 0.6) is 28.7 Å². The minimum absolute atomic E-state index is 0.0792. The number of methoxy groups -OCH3 is 5.